The first-order chi connectivity index (χ1) is 8.49. The fourth-order valence-corrected chi connectivity index (χ4v) is 3.01. The first-order valence-electron chi connectivity index (χ1n) is 6.33. The first-order valence-corrected chi connectivity index (χ1v) is 7.09. The number of hydrogen-bond donors (Lipinski definition) is 1. The molecule has 5 heteroatoms. The number of anilines is 2. The predicted octanol–water partition coefficient (Wildman–Crippen LogP) is 3.99. The number of pyridine rings is 1. The van der Waals surface area contributed by atoms with Gasteiger partial charge < -0.3 is 10.6 Å². The molecule has 2 rings (SSSR count). The van der Waals surface area contributed by atoms with Gasteiger partial charge >= 0.3 is 0 Å². The molecule has 2 N–H and O–H groups in total. The molecule has 1 fully saturated rings. The number of nitrogen functional groups attached to an aromatic ring is 1. The van der Waals surface area contributed by atoms with Crippen molar-refractivity contribution >= 4 is 34.8 Å². The molecule has 0 spiro atoms. The molecule has 0 bridgehead atoms. The van der Waals surface area contributed by atoms with Gasteiger partial charge in [-0.25, -0.2) is 4.98 Å². The second kappa shape index (κ2) is 5.54. The zero-order chi connectivity index (χ0) is 13.3. The average molecular weight is 288 g/mol. The van der Waals surface area contributed by atoms with Gasteiger partial charge in [0, 0.05) is 13.1 Å². The van der Waals surface area contributed by atoms with Crippen LogP contribution in [-0.4, -0.2) is 18.1 Å². The van der Waals surface area contributed by atoms with Crippen molar-refractivity contribution in [3.05, 3.63) is 16.1 Å². The van der Waals surface area contributed by atoms with Crippen LogP contribution < -0.4 is 10.6 Å². The number of rotatable bonds is 2. The molecule has 1 heterocycles. The Balaban J connectivity index is 2.18. The maximum Gasteiger partial charge on any atom is 0.149 e. The van der Waals surface area contributed by atoms with E-state index in [0.717, 1.165) is 11.7 Å². The second-order valence-corrected chi connectivity index (χ2v) is 6.00. The molecular formula is C13H19Cl2N3. The van der Waals surface area contributed by atoms with Gasteiger partial charge in [0.15, 0.2) is 0 Å². The zero-order valence-corrected chi connectivity index (χ0v) is 12.3. The van der Waals surface area contributed by atoms with Gasteiger partial charge in [-0.15, -0.1) is 0 Å². The van der Waals surface area contributed by atoms with Gasteiger partial charge in [0.1, 0.15) is 11.6 Å². The highest BCUT2D eigenvalue weighted by molar-refractivity contribution is 6.37. The molecule has 1 saturated carbocycles. The number of hydrogen-bond acceptors (Lipinski definition) is 3. The Kier molecular flexibility index (Phi) is 4.23. The fraction of sp³-hybridized carbons (Fsp3) is 0.615. The minimum Gasteiger partial charge on any atom is -0.382 e. The van der Waals surface area contributed by atoms with Crippen molar-refractivity contribution < 1.29 is 0 Å². The fourth-order valence-electron chi connectivity index (χ4n) is 2.52. The Morgan fingerprint density at radius 1 is 1.22 bits per heavy atom. The summed E-state index contributed by atoms with van der Waals surface area (Å²) in [5, 5.41) is 0.977. The molecule has 0 saturated heterocycles. The number of nitrogens with zero attached hydrogens (tertiary/aromatic N) is 2. The standard InChI is InChI=1S/C13H19Cl2N3/c1-8-3-5-9(6-4-8)18(2)13-11(15)7-10(14)12(16)17-13/h7-9H,3-6H2,1-2H3,(H2,16,17). The monoisotopic (exact) mass is 287 g/mol. The van der Waals surface area contributed by atoms with E-state index < -0.39 is 0 Å². The van der Waals surface area contributed by atoms with E-state index in [-0.39, 0.29) is 0 Å². The third-order valence-corrected chi connectivity index (χ3v) is 4.39. The zero-order valence-electron chi connectivity index (χ0n) is 10.8. The summed E-state index contributed by atoms with van der Waals surface area (Å²) in [6.45, 7) is 2.31. The molecule has 18 heavy (non-hydrogen) atoms. The summed E-state index contributed by atoms with van der Waals surface area (Å²) in [5.41, 5.74) is 5.75. The summed E-state index contributed by atoms with van der Waals surface area (Å²) >= 11 is 12.1. The molecule has 100 valence electrons. The molecule has 3 nitrogen and oxygen atoms in total. The Labute approximate surface area is 118 Å². The summed E-state index contributed by atoms with van der Waals surface area (Å²) in [6.07, 6.45) is 4.88. The molecule has 0 aliphatic heterocycles. The molecule has 0 atom stereocenters. The van der Waals surface area contributed by atoms with Crippen molar-refractivity contribution in [2.75, 3.05) is 17.7 Å². The lowest BCUT2D eigenvalue weighted by molar-refractivity contribution is 0.340. The van der Waals surface area contributed by atoms with Gasteiger partial charge in [0.2, 0.25) is 0 Å². The van der Waals surface area contributed by atoms with E-state index in [0.29, 0.717) is 21.9 Å². The normalized spacial score (nSPS) is 24.0. The van der Waals surface area contributed by atoms with Crippen LogP contribution in [0.4, 0.5) is 11.6 Å². The number of aromatic nitrogens is 1. The van der Waals surface area contributed by atoms with Crippen molar-refractivity contribution in [3.63, 3.8) is 0 Å². The van der Waals surface area contributed by atoms with Crippen molar-refractivity contribution in [3.8, 4) is 0 Å². The second-order valence-electron chi connectivity index (χ2n) is 5.19. The maximum absolute atomic E-state index is 6.20. The summed E-state index contributed by atoms with van der Waals surface area (Å²) in [4.78, 5) is 6.45. The van der Waals surface area contributed by atoms with E-state index in [1.165, 1.54) is 25.7 Å². The highest BCUT2D eigenvalue weighted by Crippen LogP contribution is 2.34. The minimum absolute atomic E-state index is 0.340. The Bertz CT molecular complexity index is 428. The summed E-state index contributed by atoms with van der Waals surface area (Å²) in [7, 11) is 2.03. The lowest BCUT2D eigenvalue weighted by Crippen LogP contribution is -2.35. The van der Waals surface area contributed by atoms with Gasteiger partial charge in [0.05, 0.1) is 10.0 Å². The number of halogens is 2. The molecule has 0 amide bonds. The van der Waals surface area contributed by atoms with E-state index in [4.69, 9.17) is 28.9 Å². The van der Waals surface area contributed by atoms with Gasteiger partial charge in [0.25, 0.3) is 0 Å². The smallest absolute Gasteiger partial charge is 0.149 e. The molecule has 0 unspecified atom stereocenters. The van der Waals surface area contributed by atoms with E-state index in [9.17, 15) is 0 Å². The molecule has 1 aromatic rings. The lowest BCUT2D eigenvalue weighted by Gasteiger charge is -2.34. The Morgan fingerprint density at radius 2 is 1.83 bits per heavy atom. The topological polar surface area (TPSA) is 42.2 Å². The minimum atomic E-state index is 0.340. The number of nitrogens with two attached hydrogens (primary N) is 1. The van der Waals surface area contributed by atoms with E-state index in [1.54, 1.807) is 6.07 Å². The van der Waals surface area contributed by atoms with Crippen LogP contribution in [0.25, 0.3) is 0 Å². The summed E-state index contributed by atoms with van der Waals surface area (Å²) in [5.74, 6) is 1.90. The van der Waals surface area contributed by atoms with Crippen LogP contribution in [0.2, 0.25) is 10.0 Å². The summed E-state index contributed by atoms with van der Waals surface area (Å²) < 4.78 is 0. The van der Waals surface area contributed by atoms with Gasteiger partial charge in [-0.1, -0.05) is 30.1 Å². The first kappa shape index (κ1) is 13.8. The van der Waals surface area contributed by atoms with Crippen molar-refractivity contribution in [2.45, 2.75) is 38.6 Å². The van der Waals surface area contributed by atoms with Crippen LogP contribution in [-0.2, 0) is 0 Å². The van der Waals surface area contributed by atoms with Crippen molar-refractivity contribution in [1.29, 1.82) is 0 Å². The van der Waals surface area contributed by atoms with Gasteiger partial charge in [-0.2, -0.15) is 0 Å². The molecule has 0 aromatic carbocycles. The Hall–Kier alpha value is -0.670. The van der Waals surface area contributed by atoms with E-state index in [2.05, 4.69) is 16.8 Å². The van der Waals surface area contributed by atoms with Crippen LogP contribution in [0.15, 0.2) is 6.07 Å². The van der Waals surface area contributed by atoms with Crippen LogP contribution in [0.5, 0.6) is 0 Å². The third-order valence-electron chi connectivity index (χ3n) is 3.81. The highest BCUT2D eigenvalue weighted by atomic mass is 35.5. The molecule has 0 radical (unpaired) electrons. The van der Waals surface area contributed by atoms with Gasteiger partial charge in [-0.3, -0.25) is 0 Å². The predicted molar refractivity (Wildman–Crippen MR) is 78.5 cm³/mol. The SMILES string of the molecule is CC1CCC(N(C)c2nc(N)c(Cl)cc2Cl)CC1. The van der Waals surface area contributed by atoms with Crippen LogP contribution in [0.1, 0.15) is 32.6 Å². The average Bonchev–Trinajstić information content (AvgIpc) is 2.34. The lowest BCUT2D eigenvalue weighted by atomic mass is 9.87. The Morgan fingerprint density at radius 3 is 2.44 bits per heavy atom. The van der Waals surface area contributed by atoms with Crippen LogP contribution >= 0.6 is 23.2 Å². The largest absolute Gasteiger partial charge is 0.382 e. The molecule has 1 aliphatic rings. The molecular weight excluding hydrogens is 269 g/mol. The highest BCUT2D eigenvalue weighted by Gasteiger charge is 2.24. The van der Waals surface area contributed by atoms with Crippen LogP contribution in [0.3, 0.4) is 0 Å². The third kappa shape index (κ3) is 2.83. The van der Waals surface area contributed by atoms with Gasteiger partial charge in [-0.05, 0) is 37.7 Å². The quantitative estimate of drug-likeness (QED) is 0.894. The van der Waals surface area contributed by atoms with Crippen molar-refractivity contribution in [2.24, 2.45) is 5.92 Å². The maximum atomic E-state index is 6.20. The van der Waals surface area contributed by atoms with Crippen molar-refractivity contribution in [1.82, 2.24) is 4.98 Å². The molecule has 1 aliphatic carbocycles. The van der Waals surface area contributed by atoms with E-state index >= 15 is 0 Å². The molecule has 1 aromatic heterocycles. The van der Waals surface area contributed by atoms with Crippen LogP contribution in [0, 0.1) is 5.92 Å². The summed E-state index contributed by atoms with van der Waals surface area (Å²) in [6, 6.07) is 2.16. The van der Waals surface area contributed by atoms with E-state index in [1.807, 2.05) is 7.05 Å².